The number of rotatable bonds is 13. The first kappa shape index (κ1) is 25.5. The molecular weight excluding hydrogens is 422 g/mol. The van der Waals surface area contributed by atoms with Gasteiger partial charge in [-0.15, -0.1) is 0 Å². The molecule has 0 bridgehead atoms. The van der Waals surface area contributed by atoms with Gasteiger partial charge in [-0.2, -0.15) is 0 Å². The van der Waals surface area contributed by atoms with Crippen LogP contribution < -0.4 is 10.1 Å². The number of nitrogens with one attached hydrogen (secondary N) is 1. The fourth-order valence-corrected chi connectivity index (χ4v) is 4.15. The Kier molecular flexibility index (Phi) is 9.32. The van der Waals surface area contributed by atoms with Crippen molar-refractivity contribution in [3.8, 4) is 5.75 Å². The number of benzene rings is 2. The Hall–Kier alpha value is -3.08. The summed E-state index contributed by atoms with van der Waals surface area (Å²) in [6.45, 7) is 14.2. The van der Waals surface area contributed by atoms with E-state index in [4.69, 9.17) is 9.72 Å². The number of aryl methyl sites for hydroxylation is 3. The first-order valence-corrected chi connectivity index (χ1v) is 12.5. The highest BCUT2D eigenvalue weighted by molar-refractivity contribution is 5.92. The molecule has 0 saturated heterocycles. The molecule has 1 heterocycles. The predicted octanol–water partition coefficient (Wildman–Crippen LogP) is 6.34. The summed E-state index contributed by atoms with van der Waals surface area (Å²) < 4.78 is 8.56. The van der Waals surface area contributed by atoms with Crippen LogP contribution in [-0.2, 0) is 17.8 Å². The molecule has 1 aromatic heterocycles. The molecule has 0 saturated carbocycles. The molecule has 5 nitrogen and oxygen atoms in total. The summed E-state index contributed by atoms with van der Waals surface area (Å²) in [5, 5.41) is 2.90. The molecule has 0 radical (unpaired) electrons. The Bertz CT molecular complexity index is 1110. The van der Waals surface area contributed by atoms with E-state index in [1.54, 1.807) is 6.92 Å². The van der Waals surface area contributed by atoms with Crippen LogP contribution >= 0.6 is 0 Å². The topological polar surface area (TPSA) is 56.2 Å². The minimum absolute atomic E-state index is 0.0600. The lowest BCUT2D eigenvalue weighted by molar-refractivity contribution is -0.117. The lowest BCUT2D eigenvalue weighted by Crippen LogP contribution is -2.24. The number of ether oxygens (including phenoxy) is 1. The highest BCUT2D eigenvalue weighted by Gasteiger charge is 2.12. The standard InChI is InChI=1S/C29H39N3O2/c1-21(2)24-16-15-23(5)20-27(24)34-19-11-18-32-26-13-9-8-12-25(26)31-28(32)14-7-6-10-17-30-29(33)22(3)4/h8-9,12-13,15-16,20-21H,3,6-7,10-11,14,17-19H2,1-2,4-5H3,(H,30,33). The number of fused-ring (bicyclic) bond motifs is 1. The summed E-state index contributed by atoms with van der Waals surface area (Å²) in [4.78, 5) is 16.5. The van der Waals surface area contributed by atoms with E-state index in [2.05, 4.69) is 73.6 Å². The van der Waals surface area contributed by atoms with Crippen LogP contribution in [0.25, 0.3) is 11.0 Å². The maximum atomic E-state index is 11.6. The molecule has 34 heavy (non-hydrogen) atoms. The van der Waals surface area contributed by atoms with Crippen LogP contribution in [-0.4, -0.2) is 28.6 Å². The maximum absolute atomic E-state index is 11.6. The molecule has 0 unspecified atom stereocenters. The fourth-order valence-electron chi connectivity index (χ4n) is 4.15. The summed E-state index contributed by atoms with van der Waals surface area (Å²) in [6, 6.07) is 14.8. The van der Waals surface area contributed by atoms with Crippen LogP contribution in [0.15, 0.2) is 54.6 Å². The number of para-hydroxylation sites is 2. The molecule has 5 heteroatoms. The van der Waals surface area contributed by atoms with Gasteiger partial charge in [-0.1, -0.05) is 51.1 Å². The number of imidazole rings is 1. The van der Waals surface area contributed by atoms with Gasteiger partial charge in [0.05, 0.1) is 17.6 Å². The molecule has 1 amide bonds. The number of amides is 1. The Morgan fingerprint density at radius 3 is 2.68 bits per heavy atom. The number of hydrogen-bond acceptors (Lipinski definition) is 3. The summed E-state index contributed by atoms with van der Waals surface area (Å²) in [5.74, 6) is 2.51. The van der Waals surface area contributed by atoms with Gasteiger partial charge in [0.15, 0.2) is 0 Å². The van der Waals surface area contributed by atoms with Gasteiger partial charge in [-0.05, 0) is 68.4 Å². The van der Waals surface area contributed by atoms with Gasteiger partial charge in [0, 0.05) is 25.1 Å². The number of aromatic nitrogens is 2. The third kappa shape index (κ3) is 6.96. The van der Waals surface area contributed by atoms with Crippen molar-refractivity contribution in [1.82, 2.24) is 14.9 Å². The molecule has 0 aliphatic heterocycles. The third-order valence-corrected chi connectivity index (χ3v) is 6.06. The molecule has 0 aliphatic rings. The second-order valence-electron chi connectivity index (χ2n) is 9.41. The van der Waals surface area contributed by atoms with Crippen molar-refractivity contribution in [2.24, 2.45) is 0 Å². The number of nitrogens with zero attached hydrogens (tertiary/aromatic N) is 2. The normalized spacial score (nSPS) is 11.2. The van der Waals surface area contributed by atoms with Crippen molar-refractivity contribution in [3.05, 3.63) is 71.6 Å². The van der Waals surface area contributed by atoms with Gasteiger partial charge in [0.2, 0.25) is 5.91 Å². The lowest BCUT2D eigenvalue weighted by atomic mass is 10.0. The highest BCUT2D eigenvalue weighted by atomic mass is 16.5. The fraction of sp³-hybridized carbons (Fsp3) is 0.448. The van der Waals surface area contributed by atoms with Crippen LogP contribution in [0.1, 0.15) is 69.3 Å². The van der Waals surface area contributed by atoms with E-state index >= 15 is 0 Å². The Morgan fingerprint density at radius 2 is 1.91 bits per heavy atom. The number of carbonyl (C=O) groups is 1. The molecule has 0 aliphatic carbocycles. The predicted molar refractivity (Wildman–Crippen MR) is 140 cm³/mol. The average molecular weight is 462 g/mol. The second kappa shape index (κ2) is 12.4. The lowest BCUT2D eigenvalue weighted by Gasteiger charge is -2.15. The van der Waals surface area contributed by atoms with E-state index < -0.39 is 0 Å². The SMILES string of the molecule is C=C(C)C(=O)NCCCCCc1nc2ccccc2n1CCCOc1cc(C)ccc1C(C)C. The van der Waals surface area contributed by atoms with E-state index in [0.29, 0.717) is 24.6 Å². The maximum Gasteiger partial charge on any atom is 0.246 e. The minimum Gasteiger partial charge on any atom is -0.493 e. The molecule has 3 rings (SSSR count). The zero-order chi connectivity index (χ0) is 24.5. The molecule has 1 N–H and O–H groups in total. The summed E-state index contributed by atoms with van der Waals surface area (Å²) >= 11 is 0. The Balaban J connectivity index is 1.55. The van der Waals surface area contributed by atoms with E-state index in [1.807, 2.05) is 6.07 Å². The van der Waals surface area contributed by atoms with Crippen molar-refractivity contribution < 1.29 is 9.53 Å². The van der Waals surface area contributed by atoms with E-state index in [0.717, 1.165) is 55.7 Å². The van der Waals surface area contributed by atoms with Gasteiger partial charge >= 0.3 is 0 Å². The second-order valence-corrected chi connectivity index (χ2v) is 9.41. The van der Waals surface area contributed by atoms with Crippen LogP contribution in [0.5, 0.6) is 5.75 Å². The van der Waals surface area contributed by atoms with Crippen LogP contribution in [0.4, 0.5) is 0 Å². The van der Waals surface area contributed by atoms with Crippen LogP contribution in [0, 0.1) is 6.92 Å². The summed E-state index contributed by atoms with van der Waals surface area (Å²) in [5.41, 5.74) is 5.28. The molecule has 0 fully saturated rings. The summed E-state index contributed by atoms with van der Waals surface area (Å²) in [6.07, 6.45) is 4.91. The van der Waals surface area contributed by atoms with E-state index in [1.165, 1.54) is 16.6 Å². The van der Waals surface area contributed by atoms with Gasteiger partial charge < -0.3 is 14.6 Å². The highest BCUT2D eigenvalue weighted by Crippen LogP contribution is 2.27. The van der Waals surface area contributed by atoms with Crippen molar-refractivity contribution in [3.63, 3.8) is 0 Å². The van der Waals surface area contributed by atoms with E-state index in [9.17, 15) is 4.79 Å². The Labute approximate surface area is 204 Å². The smallest absolute Gasteiger partial charge is 0.246 e. The zero-order valence-electron chi connectivity index (χ0n) is 21.2. The quantitative estimate of drug-likeness (QED) is 0.239. The van der Waals surface area contributed by atoms with Gasteiger partial charge in [-0.3, -0.25) is 4.79 Å². The van der Waals surface area contributed by atoms with Crippen molar-refractivity contribution >= 4 is 16.9 Å². The average Bonchev–Trinajstić information content (AvgIpc) is 3.15. The molecule has 0 atom stereocenters. The number of carbonyl (C=O) groups excluding carboxylic acids is 1. The van der Waals surface area contributed by atoms with Gasteiger partial charge in [0.25, 0.3) is 0 Å². The number of unbranched alkanes of at least 4 members (excludes halogenated alkanes) is 2. The Morgan fingerprint density at radius 1 is 1.12 bits per heavy atom. The number of hydrogen-bond donors (Lipinski definition) is 1. The molecule has 0 spiro atoms. The van der Waals surface area contributed by atoms with Gasteiger partial charge in [0.1, 0.15) is 11.6 Å². The first-order chi connectivity index (χ1) is 16.4. The van der Waals surface area contributed by atoms with E-state index in [-0.39, 0.29) is 5.91 Å². The third-order valence-electron chi connectivity index (χ3n) is 6.06. The molecule has 182 valence electrons. The minimum atomic E-state index is -0.0600. The largest absolute Gasteiger partial charge is 0.493 e. The summed E-state index contributed by atoms with van der Waals surface area (Å²) in [7, 11) is 0. The van der Waals surface area contributed by atoms with Crippen LogP contribution in [0.3, 0.4) is 0 Å². The van der Waals surface area contributed by atoms with Crippen molar-refractivity contribution in [2.75, 3.05) is 13.2 Å². The molecule has 2 aromatic carbocycles. The van der Waals surface area contributed by atoms with Gasteiger partial charge in [-0.25, -0.2) is 4.98 Å². The van der Waals surface area contributed by atoms with Crippen molar-refractivity contribution in [2.45, 2.75) is 72.3 Å². The molecular formula is C29H39N3O2. The van der Waals surface area contributed by atoms with Crippen molar-refractivity contribution in [1.29, 1.82) is 0 Å². The first-order valence-electron chi connectivity index (χ1n) is 12.5. The molecule has 3 aromatic rings. The van der Waals surface area contributed by atoms with Crippen LogP contribution in [0.2, 0.25) is 0 Å². The zero-order valence-corrected chi connectivity index (χ0v) is 21.2. The monoisotopic (exact) mass is 461 g/mol.